The summed E-state index contributed by atoms with van der Waals surface area (Å²) in [6.07, 6.45) is 0.872. The highest BCUT2D eigenvalue weighted by atomic mass is 16.5. The van der Waals surface area contributed by atoms with Gasteiger partial charge in [-0.15, -0.1) is 0 Å². The van der Waals surface area contributed by atoms with Crippen molar-refractivity contribution in [3.05, 3.63) is 77.0 Å². The zero-order valence-corrected chi connectivity index (χ0v) is 17.6. The molecule has 0 bridgehead atoms. The minimum atomic E-state index is -0.182. The van der Waals surface area contributed by atoms with Crippen molar-refractivity contribution >= 4 is 17.4 Å². The number of rotatable bonds is 5. The third-order valence-corrected chi connectivity index (χ3v) is 6.40. The topological polar surface area (TPSA) is 53.1 Å². The van der Waals surface area contributed by atoms with Gasteiger partial charge in [0.2, 0.25) is 0 Å². The van der Waals surface area contributed by atoms with Crippen molar-refractivity contribution in [1.29, 1.82) is 0 Å². The number of hydrogen-bond acceptors (Lipinski definition) is 5. The maximum atomic E-state index is 13.5. The second-order valence-electron chi connectivity index (χ2n) is 8.25. The van der Waals surface area contributed by atoms with Gasteiger partial charge in [-0.05, 0) is 23.1 Å². The maximum absolute atomic E-state index is 13.5. The van der Waals surface area contributed by atoms with Crippen LogP contribution in [0.5, 0.6) is 0 Å². The first-order valence-corrected chi connectivity index (χ1v) is 11.0. The minimum absolute atomic E-state index is 0.170. The van der Waals surface area contributed by atoms with Gasteiger partial charge < -0.3 is 9.64 Å². The summed E-state index contributed by atoms with van der Waals surface area (Å²) in [6, 6.07) is 18.0. The van der Waals surface area contributed by atoms with E-state index in [0.717, 1.165) is 31.6 Å². The Labute approximate surface area is 182 Å². The molecule has 5 rings (SSSR count). The molecule has 31 heavy (non-hydrogen) atoms. The normalized spacial score (nSPS) is 19.9. The average molecular weight is 418 g/mol. The molecule has 0 spiro atoms. The number of carbonyl (C=O) groups is 2. The summed E-state index contributed by atoms with van der Waals surface area (Å²) in [5.41, 5.74) is 4.44. The molecule has 0 unspecified atom stereocenters. The number of amides is 2. The molecule has 2 aromatic rings. The summed E-state index contributed by atoms with van der Waals surface area (Å²) in [6.45, 7) is 5.55. The van der Waals surface area contributed by atoms with Gasteiger partial charge in [-0.2, -0.15) is 0 Å². The van der Waals surface area contributed by atoms with Crippen molar-refractivity contribution in [3.63, 3.8) is 0 Å². The third kappa shape index (κ3) is 3.89. The Hall–Kier alpha value is -2.96. The molecule has 2 amide bonds. The van der Waals surface area contributed by atoms with Gasteiger partial charge in [0.25, 0.3) is 11.8 Å². The number of nitrogens with zero attached hydrogens (tertiary/aromatic N) is 3. The van der Waals surface area contributed by atoms with Gasteiger partial charge in [0.05, 0.1) is 18.8 Å². The molecule has 6 nitrogen and oxygen atoms in total. The molecule has 3 heterocycles. The van der Waals surface area contributed by atoms with E-state index in [9.17, 15) is 9.59 Å². The highest BCUT2D eigenvalue weighted by molar-refractivity contribution is 6.35. The van der Waals surface area contributed by atoms with Crippen LogP contribution in [0.25, 0.3) is 5.57 Å². The zero-order chi connectivity index (χ0) is 21.2. The molecule has 0 N–H and O–H groups in total. The summed E-state index contributed by atoms with van der Waals surface area (Å²) >= 11 is 0. The lowest BCUT2D eigenvalue weighted by molar-refractivity contribution is -0.138. The lowest BCUT2D eigenvalue weighted by Gasteiger charge is -2.32. The van der Waals surface area contributed by atoms with E-state index in [-0.39, 0.29) is 11.8 Å². The smallest absolute Gasteiger partial charge is 0.277 e. The molecule has 0 atom stereocenters. The second kappa shape index (κ2) is 8.65. The number of benzene rings is 2. The van der Waals surface area contributed by atoms with E-state index < -0.39 is 0 Å². The maximum Gasteiger partial charge on any atom is 0.277 e. The van der Waals surface area contributed by atoms with Crippen molar-refractivity contribution in [2.24, 2.45) is 0 Å². The van der Waals surface area contributed by atoms with E-state index in [2.05, 4.69) is 28.0 Å². The fourth-order valence-corrected chi connectivity index (χ4v) is 4.68. The number of morpholine rings is 1. The SMILES string of the molecule is O=C1C(c2ccccc2)=C(N2CCc3ccccc3C2)C(=O)N1CCN1CCOCC1. The van der Waals surface area contributed by atoms with Crippen molar-refractivity contribution in [2.45, 2.75) is 13.0 Å². The molecule has 0 saturated carbocycles. The predicted octanol–water partition coefficient (Wildman–Crippen LogP) is 2.16. The Morgan fingerprint density at radius 3 is 2.26 bits per heavy atom. The fourth-order valence-electron chi connectivity index (χ4n) is 4.68. The summed E-state index contributed by atoms with van der Waals surface area (Å²) in [5.74, 6) is -0.352. The standard InChI is InChI=1S/C25H27N3O3/c29-24-22(20-7-2-1-3-8-20)23(27-11-10-19-6-4-5-9-21(19)18-27)25(30)28(24)13-12-26-14-16-31-17-15-26/h1-9H,10-18H2. The molecular weight excluding hydrogens is 390 g/mol. The molecule has 160 valence electrons. The molecule has 1 fully saturated rings. The number of imide groups is 1. The van der Waals surface area contributed by atoms with E-state index >= 15 is 0 Å². The van der Waals surface area contributed by atoms with E-state index in [1.807, 2.05) is 36.4 Å². The zero-order valence-electron chi connectivity index (χ0n) is 17.6. The second-order valence-corrected chi connectivity index (χ2v) is 8.25. The first kappa shape index (κ1) is 20.0. The van der Waals surface area contributed by atoms with Crippen molar-refractivity contribution in [2.75, 3.05) is 45.9 Å². The Kier molecular flexibility index (Phi) is 5.57. The van der Waals surface area contributed by atoms with E-state index in [1.54, 1.807) is 0 Å². The molecule has 0 radical (unpaired) electrons. The molecule has 6 heteroatoms. The monoisotopic (exact) mass is 417 g/mol. The highest BCUT2D eigenvalue weighted by Gasteiger charge is 2.42. The van der Waals surface area contributed by atoms with Crippen LogP contribution in [0.4, 0.5) is 0 Å². The Balaban J connectivity index is 1.44. The summed E-state index contributed by atoms with van der Waals surface area (Å²) in [4.78, 5) is 32.8. The van der Waals surface area contributed by atoms with Crippen molar-refractivity contribution < 1.29 is 14.3 Å². The highest BCUT2D eigenvalue weighted by Crippen LogP contribution is 2.34. The first-order valence-electron chi connectivity index (χ1n) is 11.0. The summed E-state index contributed by atoms with van der Waals surface area (Å²) < 4.78 is 5.41. The lowest BCUT2D eigenvalue weighted by atomic mass is 9.98. The van der Waals surface area contributed by atoms with Gasteiger partial charge in [-0.3, -0.25) is 19.4 Å². The van der Waals surface area contributed by atoms with Crippen LogP contribution in [0.2, 0.25) is 0 Å². The average Bonchev–Trinajstić information content (AvgIpc) is 3.08. The van der Waals surface area contributed by atoms with E-state index in [4.69, 9.17) is 4.74 Å². The number of fused-ring (bicyclic) bond motifs is 1. The molecule has 2 aromatic carbocycles. The Morgan fingerprint density at radius 2 is 1.48 bits per heavy atom. The minimum Gasteiger partial charge on any atom is -0.379 e. The molecule has 3 aliphatic rings. The van der Waals surface area contributed by atoms with Crippen LogP contribution < -0.4 is 0 Å². The molecule has 1 saturated heterocycles. The van der Waals surface area contributed by atoms with Crippen LogP contribution in [0.1, 0.15) is 16.7 Å². The van der Waals surface area contributed by atoms with E-state index in [1.165, 1.54) is 16.0 Å². The number of ether oxygens (including phenoxy) is 1. The van der Waals surface area contributed by atoms with Crippen LogP contribution in [0.15, 0.2) is 60.3 Å². The van der Waals surface area contributed by atoms with Gasteiger partial charge in [-0.25, -0.2) is 0 Å². The van der Waals surface area contributed by atoms with Crippen molar-refractivity contribution in [3.8, 4) is 0 Å². The number of hydrogen-bond donors (Lipinski definition) is 0. The third-order valence-electron chi connectivity index (χ3n) is 6.40. The quantitative estimate of drug-likeness (QED) is 0.698. The van der Waals surface area contributed by atoms with Gasteiger partial charge in [0.1, 0.15) is 5.70 Å². The predicted molar refractivity (Wildman–Crippen MR) is 118 cm³/mol. The van der Waals surface area contributed by atoms with Crippen LogP contribution in [0.3, 0.4) is 0 Å². The van der Waals surface area contributed by atoms with Gasteiger partial charge in [0.15, 0.2) is 0 Å². The van der Waals surface area contributed by atoms with Gasteiger partial charge in [0, 0.05) is 39.3 Å². The lowest BCUT2D eigenvalue weighted by Crippen LogP contribution is -2.44. The fraction of sp³-hybridized carbons (Fsp3) is 0.360. The molecule has 0 aromatic heterocycles. The van der Waals surface area contributed by atoms with Gasteiger partial charge >= 0.3 is 0 Å². The van der Waals surface area contributed by atoms with E-state index in [0.29, 0.717) is 44.1 Å². The van der Waals surface area contributed by atoms with Crippen LogP contribution in [-0.2, 0) is 27.3 Å². The molecule has 0 aliphatic carbocycles. The van der Waals surface area contributed by atoms with Crippen LogP contribution in [-0.4, -0.2) is 72.5 Å². The largest absolute Gasteiger partial charge is 0.379 e. The van der Waals surface area contributed by atoms with Crippen LogP contribution in [0, 0.1) is 0 Å². The molecular formula is C25H27N3O3. The molecule has 3 aliphatic heterocycles. The van der Waals surface area contributed by atoms with Crippen LogP contribution >= 0.6 is 0 Å². The Bertz CT molecular complexity index is 1010. The summed E-state index contributed by atoms with van der Waals surface area (Å²) in [7, 11) is 0. The van der Waals surface area contributed by atoms with Gasteiger partial charge in [-0.1, -0.05) is 54.6 Å². The number of carbonyl (C=O) groups excluding carboxylic acids is 2. The first-order chi connectivity index (χ1) is 15.2. The Morgan fingerprint density at radius 1 is 0.774 bits per heavy atom. The summed E-state index contributed by atoms with van der Waals surface area (Å²) in [5, 5.41) is 0. The van der Waals surface area contributed by atoms with Crippen molar-refractivity contribution in [1.82, 2.24) is 14.7 Å².